The van der Waals surface area contributed by atoms with Crippen LogP contribution in [0.15, 0.2) is 40.9 Å². The summed E-state index contributed by atoms with van der Waals surface area (Å²) in [4.78, 5) is 0. The van der Waals surface area contributed by atoms with Gasteiger partial charge in [0.1, 0.15) is 11.6 Å². The molecule has 21 heavy (non-hydrogen) atoms. The van der Waals surface area contributed by atoms with Gasteiger partial charge in [0.15, 0.2) is 0 Å². The molecule has 2 aromatic rings. The van der Waals surface area contributed by atoms with E-state index in [1.165, 1.54) is 6.07 Å². The molecule has 0 saturated heterocycles. The monoisotopic (exact) mass is 351 g/mol. The van der Waals surface area contributed by atoms with Gasteiger partial charge in [0.25, 0.3) is 0 Å². The maximum Gasteiger partial charge on any atom is 0.133 e. The van der Waals surface area contributed by atoms with Gasteiger partial charge in [-0.2, -0.15) is 0 Å². The Labute approximate surface area is 133 Å². The third-order valence-electron chi connectivity index (χ3n) is 3.62. The third-order valence-corrected chi connectivity index (χ3v) is 4.24. The Balaban J connectivity index is 2.27. The number of methoxy groups -OCH3 is 1. The van der Waals surface area contributed by atoms with Gasteiger partial charge in [0.2, 0.25) is 0 Å². The summed E-state index contributed by atoms with van der Waals surface area (Å²) >= 11 is 3.47. The van der Waals surface area contributed by atoms with Crippen LogP contribution in [0, 0.1) is 12.7 Å². The molecule has 0 bridgehead atoms. The van der Waals surface area contributed by atoms with Crippen molar-refractivity contribution in [3.05, 3.63) is 63.4 Å². The van der Waals surface area contributed by atoms with Crippen LogP contribution in [-0.2, 0) is 12.0 Å². The van der Waals surface area contributed by atoms with Crippen LogP contribution in [0.25, 0.3) is 0 Å². The molecule has 1 unspecified atom stereocenters. The van der Waals surface area contributed by atoms with Crippen LogP contribution in [-0.4, -0.2) is 7.11 Å². The highest BCUT2D eigenvalue weighted by molar-refractivity contribution is 9.10. The van der Waals surface area contributed by atoms with Crippen molar-refractivity contribution in [2.45, 2.75) is 25.8 Å². The molecule has 1 atom stereocenters. The van der Waals surface area contributed by atoms with Gasteiger partial charge in [0, 0.05) is 5.54 Å². The van der Waals surface area contributed by atoms with E-state index in [0.717, 1.165) is 21.3 Å². The first-order chi connectivity index (χ1) is 9.83. The molecule has 0 heterocycles. The van der Waals surface area contributed by atoms with Gasteiger partial charge in [-0.25, -0.2) is 4.39 Å². The number of benzene rings is 2. The van der Waals surface area contributed by atoms with Gasteiger partial charge in [-0.05, 0) is 71.1 Å². The van der Waals surface area contributed by atoms with E-state index in [9.17, 15) is 4.39 Å². The number of hydrogen-bond acceptors (Lipinski definition) is 2. The average molecular weight is 352 g/mol. The summed E-state index contributed by atoms with van der Waals surface area (Å²) in [6.07, 6.45) is 0.609. The first kappa shape index (κ1) is 16.0. The van der Waals surface area contributed by atoms with Gasteiger partial charge in [0.05, 0.1) is 11.6 Å². The minimum Gasteiger partial charge on any atom is -0.496 e. The van der Waals surface area contributed by atoms with Crippen molar-refractivity contribution in [1.82, 2.24) is 0 Å². The Hall–Kier alpha value is -1.39. The topological polar surface area (TPSA) is 35.2 Å². The summed E-state index contributed by atoms with van der Waals surface area (Å²) in [6, 6.07) is 11.0. The number of aryl methyl sites for hydroxylation is 1. The minimum atomic E-state index is -0.636. The van der Waals surface area contributed by atoms with Crippen LogP contribution in [0.1, 0.15) is 23.6 Å². The molecule has 112 valence electrons. The van der Waals surface area contributed by atoms with E-state index in [1.54, 1.807) is 20.1 Å². The highest BCUT2D eigenvalue weighted by Gasteiger charge is 2.23. The molecule has 0 aliphatic carbocycles. The quantitative estimate of drug-likeness (QED) is 0.889. The fraction of sp³-hybridized carbons (Fsp3) is 0.294. The molecule has 0 aliphatic rings. The zero-order valence-electron chi connectivity index (χ0n) is 12.4. The number of nitrogens with two attached hydrogens (primary N) is 1. The van der Waals surface area contributed by atoms with Gasteiger partial charge in [-0.3, -0.25) is 0 Å². The molecule has 4 heteroatoms. The predicted molar refractivity (Wildman–Crippen MR) is 87.1 cm³/mol. The molecule has 0 saturated carbocycles. The number of rotatable bonds is 4. The van der Waals surface area contributed by atoms with Crippen molar-refractivity contribution in [2.24, 2.45) is 5.73 Å². The minimum absolute atomic E-state index is 0.222. The van der Waals surface area contributed by atoms with Crippen LogP contribution in [0.5, 0.6) is 5.75 Å². The lowest BCUT2D eigenvalue weighted by Gasteiger charge is -2.26. The second-order valence-electron chi connectivity index (χ2n) is 5.53. The predicted octanol–water partition coefficient (Wildman–Crippen LogP) is 4.32. The van der Waals surface area contributed by atoms with Crippen molar-refractivity contribution >= 4 is 15.9 Å². The third kappa shape index (κ3) is 3.63. The summed E-state index contributed by atoms with van der Waals surface area (Å²) in [6.45, 7) is 3.66. The standard InChI is InChI=1S/C17H19BrFNO/c1-11-4-6-13(9-15(11)19)17(2,20)10-12-5-7-16(21-3)14(18)8-12/h4-9H,10,20H2,1-3H3. The smallest absolute Gasteiger partial charge is 0.133 e. The fourth-order valence-corrected chi connectivity index (χ4v) is 2.88. The number of halogens is 2. The molecular weight excluding hydrogens is 333 g/mol. The Bertz CT molecular complexity index is 655. The van der Waals surface area contributed by atoms with Crippen molar-refractivity contribution in [1.29, 1.82) is 0 Å². The zero-order chi connectivity index (χ0) is 15.6. The second kappa shape index (κ2) is 6.16. The largest absolute Gasteiger partial charge is 0.496 e. The van der Waals surface area contributed by atoms with Gasteiger partial charge < -0.3 is 10.5 Å². The molecule has 0 radical (unpaired) electrons. The number of hydrogen-bond donors (Lipinski definition) is 1. The summed E-state index contributed by atoms with van der Waals surface area (Å²) in [5, 5.41) is 0. The van der Waals surface area contributed by atoms with Crippen molar-refractivity contribution in [3.8, 4) is 5.75 Å². The summed E-state index contributed by atoms with van der Waals surface area (Å²) in [7, 11) is 1.63. The van der Waals surface area contributed by atoms with Crippen LogP contribution < -0.4 is 10.5 Å². The molecule has 0 spiro atoms. The average Bonchev–Trinajstić information content (AvgIpc) is 2.41. The lowest BCUT2D eigenvalue weighted by Crippen LogP contribution is -2.35. The molecule has 0 aliphatic heterocycles. The van der Waals surface area contributed by atoms with E-state index < -0.39 is 5.54 Å². The van der Waals surface area contributed by atoms with Crippen molar-refractivity contribution in [3.63, 3.8) is 0 Å². The van der Waals surface area contributed by atoms with Gasteiger partial charge in [-0.15, -0.1) is 0 Å². The van der Waals surface area contributed by atoms with E-state index in [1.807, 2.05) is 31.2 Å². The summed E-state index contributed by atoms with van der Waals surface area (Å²) in [5.41, 5.74) is 8.24. The van der Waals surface area contributed by atoms with E-state index in [-0.39, 0.29) is 5.82 Å². The van der Waals surface area contributed by atoms with Gasteiger partial charge >= 0.3 is 0 Å². The molecule has 2 aromatic carbocycles. The summed E-state index contributed by atoms with van der Waals surface area (Å²) < 4.78 is 19.8. The van der Waals surface area contributed by atoms with E-state index in [0.29, 0.717) is 12.0 Å². The lowest BCUT2D eigenvalue weighted by molar-refractivity contribution is 0.411. The Kier molecular flexibility index (Phi) is 4.69. The molecule has 2 N–H and O–H groups in total. The van der Waals surface area contributed by atoms with Crippen LogP contribution in [0.4, 0.5) is 4.39 Å². The molecule has 0 amide bonds. The van der Waals surface area contributed by atoms with E-state index >= 15 is 0 Å². The van der Waals surface area contributed by atoms with Crippen LogP contribution in [0.2, 0.25) is 0 Å². The summed E-state index contributed by atoms with van der Waals surface area (Å²) in [5.74, 6) is 0.555. The Morgan fingerprint density at radius 1 is 1.24 bits per heavy atom. The fourth-order valence-electron chi connectivity index (χ4n) is 2.29. The maximum atomic E-state index is 13.7. The number of ether oxygens (including phenoxy) is 1. The molecule has 2 nitrogen and oxygen atoms in total. The first-order valence-electron chi connectivity index (χ1n) is 6.71. The molecule has 2 rings (SSSR count). The van der Waals surface area contributed by atoms with Crippen molar-refractivity contribution in [2.75, 3.05) is 7.11 Å². The lowest BCUT2D eigenvalue weighted by atomic mass is 9.86. The van der Waals surface area contributed by atoms with Crippen LogP contribution >= 0.6 is 15.9 Å². The van der Waals surface area contributed by atoms with Gasteiger partial charge in [-0.1, -0.05) is 18.2 Å². The molecule has 0 aromatic heterocycles. The molecule has 0 fully saturated rings. The molecular formula is C17H19BrFNO. The van der Waals surface area contributed by atoms with Crippen molar-refractivity contribution < 1.29 is 9.13 Å². The first-order valence-corrected chi connectivity index (χ1v) is 7.51. The van der Waals surface area contributed by atoms with E-state index in [4.69, 9.17) is 10.5 Å². The highest BCUT2D eigenvalue weighted by atomic mass is 79.9. The Morgan fingerprint density at radius 2 is 1.95 bits per heavy atom. The highest BCUT2D eigenvalue weighted by Crippen LogP contribution is 2.29. The normalized spacial score (nSPS) is 13.8. The zero-order valence-corrected chi connectivity index (χ0v) is 14.0. The SMILES string of the molecule is COc1ccc(CC(C)(N)c2ccc(C)c(F)c2)cc1Br. The van der Waals surface area contributed by atoms with E-state index in [2.05, 4.69) is 15.9 Å². The second-order valence-corrected chi connectivity index (χ2v) is 6.38. The Morgan fingerprint density at radius 3 is 2.52 bits per heavy atom. The van der Waals surface area contributed by atoms with Crippen LogP contribution in [0.3, 0.4) is 0 Å². The maximum absolute atomic E-state index is 13.7.